The van der Waals surface area contributed by atoms with E-state index in [9.17, 15) is 27.9 Å². The summed E-state index contributed by atoms with van der Waals surface area (Å²) >= 11 is 5.80. The van der Waals surface area contributed by atoms with Gasteiger partial charge in [0.1, 0.15) is 16.1 Å². The van der Waals surface area contributed by atoms with E-state index in [-0.39, 0.29) is 23.1 Å². The van der Waals surface area contributed by atoms with Gasteiger partial charge in [-0.3, -0.25) is 14.7 Å². The van der Waals surface area contributed by atoms with Crippen molar-refractivity contribution in [2.75, 3.05) is 13.3 Å². The molecule has 12 heteroatoms. The van der Waals surface area contributed by atoms with Gasteiger partial charge in [0.25, 0.3) is 5.69 Å². The largest absolute Gasteiger partial charge is 0.438 e. The van der Waals surface area contributed by atoms with Crippen molar-refractivity contribution in [2.24, 2.45) is 0 Å². The third-order valence-electron chi connectivity index (χ3n) is 3.67. The van der Waals surface area contributed by atoms with Crippen LogP contribution in [-0.4, -0.2) is 23.2 Å². The van der Waals surface area contributed by atoms with E-state index in [0.29, 0.717) is 18.7 Å². The maximum absolute atomic E-state index is 13.0. The molecule has 0 N–H and O–H groups in total. The van der Waals surface area contributed by atoms with Crippen LogP contribution in [0.25, 0.3) is 0 Å². The van der Waals surface area contributed by atoms with Gasteiger partial charge in [-0.2, -0.15) is 13.2 Å². The van der Waals surface area contributed by atoms with Crippen molar-refractivity contribution in [2.45, 2.75) is 19.5 Å². The molecule has 28 heavy (non-hydrogen) atoms. The second-order valence-corrected chi connectivity index (χ2v) is 8.65. The fraction of sp³-hybridized carbons (Fsp3) is 0.312. The summed E-state index contributed by atoms with van der Waals surface area (Å²) in [6.45, 7) is 1.74. The average molecular weight is 439 g/mol. The third kappa shape index (κ3) is 4.81. The van der Waals surface area contributed by atoms with E-state index >= 15 is 0 Å². The predicted octanol–water partition coefficient (Wildman–Crippen LogP) is 5.41. The minimum atomic E-state index is -4.62. The number of hydrogen-bond donors (Lipinski definition) is 0. The Labute approximate surface area is 163 Å². The molecule has 0 amide bonds. The van der Waals surface area contributed by atoms with Crippen LogP contribution in [0.2, 0.25) is 5.02 Å². The summed E-state index contributed by atoms with van der Waals surface area (Å²) in [4.78, 5) is 14.1. The quantitative estimate of drug-likeness (QED) is 0.326. The fourth-order valence-electron chi connectivity index (χ4n) is 2.37. The van der Waals surface area contributed by atoms with Gasteiger partial charge in [0, 0.05) is 31.6 Å². The monoisotopic (exact) mass is 438 g/mol. The molecule has 0 radical (unpaired) electrons. The molecule has 0 aliphatic carbocycles. The Hall–Kier alpha value is -2.16. The number of halogens is 4. The molecule has 0 aliphatic heterocycles. The first-order valence-corrected chi connectivity index (χ1v) is 10.0. The summed E-state index contributed by atoms with van der Waals surface area (Å²) in [5.74, 6) is -0.375. The Kier molecular flexibility index (Phi) is 6.69. The highest BCUT2D eigenvalue weighted by atomic mass is 35.5. The van der Waals surface area contributed by atoms with E-state index in [1.54, 1.807) is 6.92 Å². The molecule has 1 aromatic carbocycles. The van der Waals surface area contributed by atoms with E-state index in [0.717, 1.165) is 12.1 Å². The molecule has 2 rings (SSSR count). The van der Waals surface area contributed by atoms with Gasteiger partial charge in [0.05, 0.1) is 10.5 Å². The van der Waals surface area contributed by atoms with Crippen molar-refractivity contribution in [3.63, 3.8) is 0 Å². The van der Waals surface area contributed by atoms with E-state index in [1.165, 1.54) is 13.2 Å². The van der Waals surface area contributed by atoms with E-state index < -0.39 is 34.7 Å². The number of alkyl halides is 3. The normalized spacial score (nSPS) is 13.8. The lowest BCUT2D eigenvalue weighted by Gasteiger charge is -2.17. The second kappa shape index (κ2) is 8.46. The molecular formula is C16H15ClF3N2O5P. The molecule has 0 spiro atoms. The van der Waals surface area contributed by atoms with Crippen LogP contribution in [0.1, 0.15) is 18.9 Å². The van der Waals surface area contributed by atoms with Crippen molar-refractivity contribution in [3.8, 4) is 11.6 Å². The number of hydrogen-bond acceptors (Lipinski definition) is 6. The molecule has 2 aromatic rings. The Morgan fingerprint density at radius 3 is 2.50 bits per heavy atom. The van der Waals surface area contributed by atoms with Crippen LogP contribution in [0.15, 0.2) is 30.5 Å². The van der Waals surface area contributed by atoms with Crippen molar-refractivity contribution < 1.29 is 31.9 Å². The topological polar surface area (TPSA) is 91.6 Å². The van der Waals surface area contributed by atoms with Gasteiger partial charge >= 0.3 is 6.18 Å². The number of aromatic nitrogens is 1. The molecule has 1 aromatic heterocycles. The predicted molar refractivity (Wildman–Crippen MR) is 96.8 cm³/mol. The van der Waals surface area contributed by atoms with Crippen LogP contribution >= 0.6 is 19.0 Å². The molecule has 0 fully saturated rings. The van der Waals surface area contributed by atoms with Crippen LogP contribution in [-0.2, 0) is 15.3 Å². The van der Waals surface area contributed by atoms with Crippen LogP contribution in [0.3, 0.4) is 0 Å². The standard InChI is InChI=1S/C16H15ClF3N2O5P/c1-3-6-28(25,26-2)14-8-11(4-5-13(14)22(23)24)27-15-12(17)7-10(9-21-15)16(18,19)20/h4-5,7-9H,3,6H2,1-2H3. The van der Waals surface area contributed by atoms with Crippen LogP contribution < -0.4 is 10.0 Å². The Morgan fingerprint density at radius 2 is 2.00 bits per heavy atom. The maximum atomic E-state index is 13.0. The SMILES string of the molecule is CCCP(=O)(OC)c1cc(Oc2ncc(C(F)(F)F)cc2Cl)ccc1[N+](=O)[O-]. The molecule has 0 aliphatic rings. The average Bonchev–Trinajstić information content (AvgIpc) is 2.62. The summed E-state index contributed by atoms with van der Waals surface area (Å²) in [6.07, 6.45) is -3.57. The third-order valence-corrected chi connectivity index (χ3v) is 6.66. The number of ether oxygens (including phenoxy) is 1. The molecule has 0 saturated heterocycles. The number of rotatable bonds is 7. The van der Waals surface area contributed by atoms with Gasteiger partial charge in [0.15, 0.2) is 0 Å². The molecule has 1 atom stereocenters. The van der Waals surface area contributed by atoms with Crippen molar-refractivity contribution >= 4 is 30.0 Å². The first-order chi connectivity index (χ1) is 13.0. The number of pyridine rings is 1. The Morgan fingerprint density at radius 1 is 1.32 bits per heavy atom. The van der Waals surface area contributed by atoms with Gasteiger partial charge in [-0.15, -0.1) is 0 Å². The molecule has 1 heterocycles. The highest BCUT2D eigenvalue weighted by Gasteiger charge is 2.33. The summed E-state index contributed by atoms with van der Waals surface area (Å²) in [5, 5.41) is 10.7. The zero-order valence-electron chi connectivity index (χ0n) is 14.7. The molecule has 1 unspecified atom stereocenters. The molecule has 152 valence electrons. The van der Waals surface area contributed by atoms with E-state index in [2.05, 4.69) is 4.98 Å². The number of nitro benzene ring substituents is 1. The molecule has 7 nitrogen and oxygen atoms in total. The minimum Gasteiger partial charge on any atom is -0.438 e. The minimum absolute atomic E-state index is 0.0388. The lowest BCUT2D eigenvalue weighted by molar-refractivity contribution is -0.383. The summed E-state index contributed by atoms with van der Waals surface area (Å²) < 4.78 is 61.5. The summed E-state index contributed by atoms with van der Waals surface area (Å²) in [7, 11) is -2.36. The smallest absolute Gasteiger partial charge is 0.417 e. The van der Waals surface area contributed by atoms with Gasteiger partial charge in [-0.1, -0.05) is 18.5 Å². The Balaban J connectivity index is 2.47. The van der Waals surface area contributed by atoms with Crippen molar-refractivity contribution in [1.29, 1.82) is 0 Å². The lowest BCUT2D eigenvalue weighted by atomic mass is 10.3. The second-order valence-electron chi connectivity index (χ2n) is 5.60. The number of benzene rings is 1. The number of nitro groups is 1. The fourth-order valence-corrected chi connectivity index (χ4v) is 4.61. The van der Waals surface area contributed by atoms with Gasteiger partial charge in [-0.05, 0) is 18.6 Å². The van der Waals surface area contributed by atoms with E-state index in [1.807, 2.05) is 0 Å². The zero-order valence-corrected chi connectivity index (χ0v) is 16.3. The van der Waals surface area contributed by atoms with Crippen LogP contribution in [0.5, 0.6) is 11.6 Å². The number of nitrogens with zero attached hydrogens (tertiary/aromatic N) is 2. The van der Waals surface area contributed by atoms with Crippen LogP contribution in [0.4, 0.5) is 18.9 Å². The first-order valence-electron chi connectivity index (χ1n) is 7.86. The zero-order chi connectivity index (χ0) is 21.1. The maximum Gasteiger partial charge on any atom is 0.417 e. The van der Waals surface area contributed by atoms with Gasteiger partial charge in [0.2, 0.25) is 13.2 Å². The summed E-state index contributed by atoms with van der Waals surface area (Å²) in [5.41, 5.74) is -1.47. The highest BCUT2D eigenvalue weighted by molar-refractivity contribution is 7.67. The van der Waals surface area contributed by atoms with E-state index in [4.69, 9.17) is 20.9 Å². The summed E-state index contributed by atoms with van der Waals surface area (Å²) in [6, 6.07) is 4.06. The highest BCUT2D eigenvalue weighted by Crippen LogP contribution is 2.48. The van der Waals surface area contributed by atoms with Gasteiger partial charge in [-0.25, -0.2) is 4.98 Å². The first kappa shape index (κ1) is 22.1. The Bertz CT molecular complexity index is 939. The van der Waals surface area contributed by atoms with Crippen molar-refractivity contribution in [1.82, 2.24) is 4.98 Å². The van der Waals surface area contributed by atoms with Crippen LogP contribution in [0, 0.1) is 10.1 Å². The van der Waals surface area contributed by atoms with Gasteiger partial charge < -0.3 is 9.26 Å². The molecule has 0 bridgehead atoms. The molecular weight excluding hydrogens is 424 g/mol. The molecule has 0 saturated carbocycles. The lowest BCUT2D eigenvalue weighted by Crippen LogP contribution is -2.14. The van der Waals surface area contributed by atoms with Crippen molar-refractivity contribution in [3.05, 3.63) is 51.2 Å².